The standard InChI is InChI=1S/C30H36ClN5O4Si/c1-19-34-35-30-26(18-28(37)32-14-15-40-23-6-5-7-24(16-23)41(3,4)38)33-29(20-8-10-21(31)11-9-20)25-17-22(39-2)12-13-27(25)36(19)30/h5-13,16-17,19,26,30,34-35,38H,14-15,18H2,1-4H3,(H,32,37)/t19?,26-,30?/m0/s1. The fourth-order valence-corrected chi connectivity index (χ4v) is 6.30. The lowest BCUT2D eigenvalue weighted by molar-refractivity contribution is -0.121. The molecule has 9 nitrogen and oxygen atoms in total. The largest absolute Gasteiger partial charge is 0.497 e. The van der Waals surface area contributed by atoms with E-state index < -0.39 is 14.4 Å². The molecule has 1 saturated heterocycles. The second kappa shape index (κ2) is 12.2. The summed E-state index contributed by atoms with van der Waals surface area (Å²) >= 11 is 6.19. The van der Waals surface area contributed by atoms with Crippen LogP contribution in [0.1, 0.15) is 24.5 Å². The highest BCUT2D eigenvalue weighted by molar-refractivity contribution is 6.83. The lowest BCUT2D eigenvalue weighted by Crippen LogP contribution is -2.48. The number of carbonyl (C=O) groups is 1. The van der Waals surface area contributed by atoms with Crippen molar-refractivity contribution in [3.8, 4) is 11.5 Å². The molecular formula is C30H36ClN5O4Si. The van der Waals surface area contributed by atoms with Gasteiger partial charge >= 0.3 is 0 Å². The van der Waals surface area contributed by atoms with Gasteiger partial charge in [0.05, 0.1) is 38.0 Å². The van der Waals surface area contributed by atoms with Gasteiger partial charge in [-0.25, -0.2) is 10.9 Å². The zero-order chi connectivity index (χ0) is 29.1. The third-order valence-corrected chi connectivity index (χ3v) is 9.27. The predicted molar refractivity (Wildman–Crippen MR) is 165 cm³/mol. The SMILES string of the molecule is COc1ccc2c(c1)C(c1ccc(Cl)cc1)=N[C@@H](CC(=O)NCCOc1cccc([Si](C)(C)O)c1)C1NNC(C)N21. The van der Waals surface area contributed by atoms with Crippen molar-refractivity contribution in [1.82, 2.24) is 16.2 Å². The Kier molecular flexibility index (Phi) is 8.67. The van der Waals surface area contributed by atoms with Crippen molar-refractivity contribution in [2.45, 2.75) is 44.8 Å². The minimum absolute atomic E-state index is 0.0337. The van der Waals surface area contributed by atoms with E-state index in [0.29, 0.717) is 23.9 Å². The average molecular weight is 594 g/mol. The minimum atomic E-state index is -2.43. The van der Waals surface area contributed by atoms with Gasteiger partial charge in [0, 0.05) is 21.8 Å². The molecule has 0 spiro atoms. The quantitative estimate of drug-likeness (QED) is 0.223. The van der Waals surface area contributed by atoms with Gasteiger partial charge in [-0.05, 0) is 67.7 Å². The number of benzene rings is 3. The number of aliphatic imine (C=N–C) groups is 1. The fourth-order valence-electron chi connectivity index (χ4n) is 5.17. The molecule has 3 atom stereocenters. The van der Waals surface area contributed by atoms with E-state index in [2.05, 4.69) is 28.0 Å². The molecule has 0 aliphatic carbocycles. The molecule has 2 aliphatic rings. The van der Waals surface area contributed by atoms with Crippen LogP contribution in [-0.2, 0) is 4.79 Å². The van der Waals surface area contributed by atoms with E-state index in [9.17, 15) is 9.59 Å². The van der Waals surface area contributed by atoms with Gasteiger partial charge in [-0.15, -0.1) is 0 Å². The van der Waals surface area contributed by atoms with Crippen LogP contribution in [0.25, 0.3) is 0 Å². The van der Waals surface area contributed by atoms with Crippen LogP contribution >= 0.6 is 11.6 Å². The predicted octanol–water partition coefficient (Wildman–Crippen LogP) is 3.14. The van der Waals surface area contributed by atoms with Crippen molar-refractivity contribution < 1.29 is 19.1 Å². The van der Waals surface area contributed by atoms with Crippen molar-refractivity contribution in [2.75, 3.05) is 25.2 Å². The monoisotopic (exact) mass is 593 g/mol. The third-order valence-electron chi connectivity index (χ3n) is 7.30. The van der Waals surface area contributed by atoms with Crippen LogP contribution in [-0.4, -0.2) is 63.4 Å². The Morgan fingerprint density at radius 3 is 2.61 bits per heavy atom. The lowest BCUT2D eigenvalue weighted by Gasteiger charge is -2.31. The normalized spacial score (nSPS) is 20.0. The number of carbonyl (C=O) groups excluding carboxylic acids is 1. The number of methoxy groups -OCH3 is 1. The number of amides is 1. The van der Waals surface area contributed by atoms with Gasteiger partial charge in [-0.1, -0.05) is 35.9 Å². The Morgan fingerprint density at radius 1 is 1.10 bits per heavy atom. The Hall–Kier alpha value is -3.41. The zero-order valence-electron chi connectivity index (χ0n) is 23.6. The van der Waals surface area contributed by atoms with E-state index in [1.54, 1.807) is 7.11 Å². The zero-order valence-corrected chi connectivity index (χ0v) is 25.4. The molecule has 4 N–H and O–H groups in total. The van der Waals surface area contributed by atoms with E-state index in [0.717, 1.165) is 33.5 Å². The first-order valence-corrected chi connectivity index (χ1v) is 17.0. The summed E-state index contributed by atoms with van der Waals surface area (Å²) in [7, 11) is -0.784. The van der Waals surface area contributed by atoms with Crippen LogP contribution in [0.5, 0.6) is 11.5 Å². The first-order valence-electron chi connectivity index (χ1n) is 13.7. The van der Waals surface area contributed by atoms with Gasteiger partial charge in [-0.3, -0.25) is 9.79 Å². The summed E-state index contributed by atoms with van der Waals surface area (Å²) in [4.78, 5) is 31.0. The number of nitrogens with one attached hydrogen (secondary N) is 3. The van der Waals surface area contributed by atoms with Crippen LogP contribution in [0.15, 0.2) is 71.7 Å². The Morgan fingerprint density at radius 2 is 1.88 bits per heavy atom. The molecule has 2 unspecified atom stereocenters. The van der Waals surface area contributed by atoms with Crippen molar-refractivity contribution in [3.63, 3.8) is 0 Å². The molecule has 1 fully saturated rings. The Labute approximate surface area is 246 Å². The number of nitrogens with zero attached hydrogens (tertiary/aromatic N) is 2. The maximum absolute atomic E-state index is 13.2. The second-order valence-electron chi connectivity index (χ2n) is 10.7. The van der Waals surface area contributed by atoms with Crippen LogP contribution in [0.2, 0.25) is 18.1 Å². The number of halogens is 1. The highest BCUT2D eigenvalue weighted by Gasteiger charge is 2.40. The van der Waals surface area contributed by atoms with Gasteiger partial charge in [0.15, 0.2) is 0 Å². The van der Waals surface area contributed by atoms with Crippen molar-refractivity contribution in [1.29, 1.82) is 0 Å². The first-order chi connectivity index (χ1) is 19.6. The fraction of sp³-hybridized carbons (Fsp3) is 0.333. The summed E-state index contributed by atoms with van der Waals surface area (Å²) in [6.45, 7) is 6.46. The number of anilines is 1. The van der Waals surface area contributed by atoms with Gasteiger partial charge < -0.3 is 24.5 Å². The number of hydrogen-bond acceptors (Lipinski definition) is 8. The molecule has 3 aromatic rings. The number of hydrazine groups is 1. The Bertz CT molecular complexity index is 1430. The van der Waals surface area contributed by atoms with Gasteiger partial charge in [0.2, 0.25) is 14.2 Å². The number of rotatable bonds is 9. The summed E-state index contributed by atoms with van der Waals surface area (Å²) in [6, 6.07) is 20.6. The van der Waals surface area contributed by atoms with Gasteiger partial charge in [0.25, 0.3) is 0 Å². The molecule has 5 rings (SSSR count). The maximum atomic E-state index is 13.2. The summed E-state index contributed by atoms with van der Waals surface area (Å²) in [5.74, 6) is 1.27. The van der Waals surface area contributed by atoms with Crippen LogP contribution in [0.4, 0.5) is 5.69 Å². The molecule has 2 heterocycles. The summed E-state index contributed by atoms with van der Waals surface area (Å²) < 4.78 is 11.4. The minimum Gasteiger partial charge on any atom is -0.497 e. The molecule has 41 heavy (non-hydrogen) atoms. The molecule has 216 valence electrons. The number of fused-ring (bicyclic) bond motifs is 3. The molecule has 3 aromatic carbocycles. The van der Waals surface area contributed by atoms with Crippen molar-refractivity contribution in [3.05, 3.63) is 82.9 Å². The molecule has 0 radical (unpaired) electrons. The molecule has 1 amide bonds. The summed E-state index contributed by atoms with van der Waals surface area (Å²) in [5, 5.41) is 4.52. The van der Waals surface area contributed by atoms with Crippen LogP contribution < -0.4 is 35.7 Å². The number of hydrogen-bond donors (Lipinski definition) is 4. The highest BCUT2D eigenvalue weighted by atomic mass is 35.5. The maximum Gasteiger partial charge on any atom is 0.222 e. The van der Waals surface area contributed by atoms with E-state index in [1.165, 1.54) is 0 Å². The lowest BCUT2D eigenvalue weighted by atomic mass is 9.99. The first kappa shape index (κ1) is 29.1. The van der Waals surface area contributed by atoms with E-state index in [4.69, 9.17) is 26.1 Å². The summed E-state index contributed by atoms with van der Waals surface area (Å²) in [5.41, 5.74) is 10.2. The molecular weight excluding hydrogens is 558 g/mol. The van der Waals surface area contributed by atoms with Gasteiger partial charge in [0.1, 0.15) is 24.3 Å². The average Bonchev–Trinajstić information content (AvgIpc) is 3.28. The second-order valence-corrected chi connectivity index (χ2v) is 14.9. The topological polar surface area (TPSA) is 107 Å². The van der Waals surface area contributed by atoms with E-state index >= 15 is 0 Å². The number of ether oxygens (including phenoxy) is 2. The van der Waals surface area contributed by atoms with E-state index in [1.807, 2.05) is 79.8 Å². The molecule has 2 aliphatic heterocycles. The van der Waals surface area contributed by atoms with Crippen LogP contribution in [0.3, 0.4) is 0 Å². The third kappa shape index (κ3) is 6.58. The molecule has 11 heteroatoms. The van der Waals surface area contributed by atoms with E-state index in [-0.39, 0.29) is 24.7 Å². The Balaban J connectivity index is 1.35. The smallest absolute Gasteiger partial charge is 0.222 e. The van der Waals surface area contributed by atoms with Crippen molar-refractivity contribution >= 4 is 42.4 Å². The molecule has 0 bridgehead atoms. The summed E-state index contributed by atoms with van der Waals surface area (Å²) in [6.07, 6.45) is -0.115. The molecule has 0 saturated carbocycles. The van der Waals surface area contributed by atoms with Crippen molar-refractivity contribution in [2.24, 2.45) is 4.99 Å². The molecule has 0 aromatic heterocycles. The van der Waals surface area contributed by atoms with Gasteiger partial charge in [-0.2, -0.15) is 0 Å². The highest BCUT2D eigenvalue weighted by Crippen LogP contribution is 2.36. The van der Waals surface area contributed by atoms with Crippen LogP contribution in [0, 0.1) is 0 Å².